The lowest BCUT2D eigenvalue weighted by molar-refractivity contribution is -0.145. The van der Waals surface area contributed by atoms with Crippen molar-refractivity contribution in [1.29, 1.82) is 0 Å². The second-order valence-corrected chi connectivity index (χ2v) is 6.89. The van der Waals surface area contributed by atoms with Gasteiger partial charge in [-0.1, -0.05) is 84.9 Å². The second kappa shape index (κ2) is 10.9. The molecular formula is C25H25NO4. The van der Waals surface area contributed by atoms with Gasteiger partial charge in [-0.25, -0.2) is 4.79 Å². The summed E-state index contributed by atoms with van der Waals surface area (Å²) < 4.78 is 10.3. The Morgan fingerprint density at radius 1 is 0.800 bits per heavy atom. The monoisotopic (exact) mass is 403 g/mol. The second-order valence-electron chi connectivity index (χ2n) is 6.89. The summed E-state index contributed by atoms with van der Waals surface area (Å²) >= 11 is 0. The summed E-state index contributed by atoms with van der Waals surface area (Å²) in [4.78, 5) is 24.4. The molecule has 1 atom stereocenters. The van der Waals surface area contributed by atoms with Gasteiger partial charge in [0, 0.05) is 6.42 Å². The van der Waals surface area contributed by atoms with Gasteiger partial charge in [0.05, 0.1) is 13.7 Å². The first kappa shape index (κ1) is 21.3. The van der Waals surface area contributed by atoms with Crippen LogP contribution in [0.1, 0.15) is 11.1 Å². The number of benzene rings is 3. The molecule has 0 radical (unpaired) electrons. The maximum Gasteiger partial charge on any atom is 0.328 e. The summed E-state index contributed by atoms with van der Waals surface area (Å²) in [5.74, 6) is -0.846. The van der Waals surface area contributed by atoms with Gasteiger partial charge in [0.1, 0.15) is 12.6 Å². The Labute approximate surface area is 176 Å². The van der Waals surface area contributed by atoms with Crippen molar-refractivity contribution >= 4 is 11.9 Å². The van der Waals surface area contributed by atoms with Crippen molar-refractivity contribution in [2.24, 2.45) is 0 Å². The number of methoxy groups -OCH3 is 1. The minimum Gasteiger partial charge on any atom is -0.467 e. The molecule has 1 amide bonds. The number of carbonyl (C=O) groups is 2. The number of amides is 1. The zero-order valence-corrected chi connectivity index (χ0v) is 16.9. The average molecular weight is 403 g/mol. The van der Waals surface area contributed by atoms with E-state index in [1.165, 1.54) is 7.11 Å². The average Bonchev–Trinajstić information content (AvgIpc) is 2.80. The third-order valence-corrected chi connectivity index (χ3v) is 4.67. The van der Waals surface area contributed by atoms with E-state index in [0.29, 0.717) is 13.0 Å². The molecule has 3 aromatic carbocycles. The summed E-state index contributed by atoms with van der Waals surface area (Å²) in [5, 5.41) is 2.71. The molecule has 0 heterocycles. The quantitative estimate of drug-likeness (QED) is 0.553. The van der Waals surface area contributed by atoms with E-state index < -0.39 is 12.0 Å². The Morgan fingerprint density at radius 3 is 2.03 bits per heavy atom. The highest BCUT2D eigenvalue weighted by atomic mass is 16.5. The highest BCUT2D eigenvalue weighted by Gasteiger charge is 2.22. The minimum absolute atomic E-state index is 0.130. The van der Waals surface area contributed by atoms with Crippen LogP contribution in [-0.2, 0) is 32.1 Å². The Morgan fingerprint density at radius 2 is 1.40 bits per heavy atom. The number of rotatable bonds is 9. The van der Waals surface area contributed by atoms with Crippen molar-refractivity contribution in [2.75, 3.05) is 13.7 Å². The normalized spacial score (nSPS) is 11.5. The summed E-state index contributed by atoms with van der Waals surface area (Å²) in [6, 6.07) is 26.8. The molecule has 1 N–H and O–H groups in total. The molecule has 0 aliphatic carbocycles. The molecule has 0 spiro atoms. The van der Waals surface area contributed by atoms with Crippen LogP contribution in [0.5, 0.6) is 0 Å². The third kappa shape index (κ3) is 6.29. The predicted octanol–water partition coefficient (Wildman–Crippen LogP) is 3.77. The topological polar surface area (TPSA) is 64.6 Å². The van der Waals surface area contributed by atoms with Crippen LogP contribution in [0.3, 0.4) is 0 Å². The van der Waals surface area contributed by atoms with Gasteiger partial charge in [-0.15, -0.1) is 0 Å². The van der Waals surface area contributed by atoms with Crippen molar-refractivity contribution in [3.05, 3.63) is 96.1 Å². The van der Waals surface area contributed by atoms with Gasteiger partial charge < -0.3 is 14.8 Å². The zero-order chi connectivity index (χ0) is 21.2. The smallest absolute Gasteiger partial charge is 0.328 e. The Balaban J connectivity index is 1.56. The van der Waals surface area contributed by atoms with E-state index in [2.05, 4.69) is 5.32 Å². The first-order valence-corrected chi connectivity index (χ1v) is 9.79. The maximum absolute atomic E-state index is 12.2. The number of nitrogens with one attached hydrogen (secondary N) is 1. The molecule has 0 saturated carbocycles. The molecule has 0 unspecified atom stereocenters. The van der Waals surface area contributed by atoms with Gasteiger partial charge in [0.25, 0.3) is 0 Å². The van der Waals surface area contributed by atoms with Gasteiger partial charge in [0.15, 0.2) is 0 Å². The van der Waals surface area contributed by atoms with Crippen molar-refractivity contribution in [3.8, 4) is 11.1 Å². The van der Waals surface area contributed by atoms with E-state index in [1.807, 2.05) is 84.9 Å². The number of carbonyl (C=O) groups excluding carboxylic acids is 2. The fourth-order valence-corrected chi connectivity index (χ4v) is 3.11. The van der Waals surface area contributed by atoms with Gasteiger partial charge in [-0.2, -0.15) is 0 Å². The molecule has 30 heavy (non-hydrogen) atoms. The Kier molecular flexibility index (Phi) is 7.75. The number of ether oxygens (including phenoxy) is 2. The van der Waals surface area contributed by atoms with Crippen molar-refractivity contribution in [2.45, 2.75) is 19.1 Å². The molecular weight excluding hydrogens is 378 g/mol. The summed E-state index contributed by atoms with van der Waals surface area (Å²) in [6.45, 7) is 0.202. The highest BCUT2D eigenvalue weighted by Crippen LogP contribution is 2.19. The molecule has 0 aromatic heterocycles. The third-order valence-electron chi connectivity index (χ3n) is 4.67. The molecule has 0 aliphatic heterocycles. The van der Waals surface area contributed by atoms with Crippen molar-refractivity contribution in [3.63, 3.8) is 0 Å². The van der Waals surface area contributed by atoms with Crippen LogP contribution < -0.4 is 5.32 Å². The lowest BCUT2D eigenvalue weighted by Gasteiger charge is -2.17. The molecule has 0 fully saturated rings. The van der Waals surface area contributed by atoms with E-state index in [4.69, 9.17) is 9.47 Å². The van der Waals surface area contributed by atoms with E-state index >= 15 is 0 Å². The number of hydrogen-bond donors (Lipinski definition) is 1. The predicted molar refractivity (Wildman–Crippen MR) is 116 cm³/mol. The number of esters is 1. The molecule has 3 rings (SSSR count). The highest BCUT2D eigenvalue weighted by molar-refractivity contribution is 5.85. The van der Waals surface area contributed by atoms with Crippen LogP contribution in [0.15, 0.2) is 84.9 Å². The lowest BCUT2D eigenvalue weighted by Crippen LogP contribution is -2.44. The Hall–Kier alpha value is -3.44. The first-order chi connectivity index (χ1) is 14.7. The maximum atomic E-state index is 12.2. The van der Waals surface area contributed by atoms with Crippen molar-refractivity contribution in [1.82, 2.24) is 5.32 Å². The Bertz CT molecular complexity index is 940. The molecule has 0 bridgehead atoms. The van der Waals surface area contributed by atoms with Crippen LogP contribution >= 0.6 is 0 Å². The lowest BCUT2D eigenvalue weighted by atomic mass is 10.0. The molecule has 5 heteroatoms. The van der Waals surface area contributed by atoms with E-state index in [1.54, 1.807) is 0 Å². The molecule has 154 valence electrons. The first-order valence-electron chi connectivity index (χ1n) is 9.79. The van der Waals surface area contributed by atoms with E-state index in [-0.39, 0.29) is 12.5 Å². The van der Waals surface area contributed by atoms with Crippen LogP contribution in [0.4, 0.5) is 0 Å². The van der Waals surface area contributed by atoms with E-state index in [0.717, 1.165) is 22.3 Å². The molecule has 5 nitrogen and oxygen atoms in total. The van der Waals surface area contributed by atoms with Gasteiger partial charge in [0.2, 0.25) is 5.91 Å². The molecule has 0 saturated heterocycles. The van der Waals surface area contributed by atoms with E-state index in [9.17, 15) is 9.59 Å². The summed E-state index contributed by atoms with van der Waals surface area (Å²) in [6.07, 6.45) is 0.339. The number of hydrogen-bond acceptors (Lipinski definition) is 4. The van der Waals surface area contributed by atoms with Crippen molar-refractivity contribution < 1.29 is 19.1 Å². The van der Waals surface area contributed by atoms with Gasteiger partial charge in [-0.05, 0) is 22.3 Å². The summed E-state index contributed by atoms with van der Waals surface area (Å²) in [5.41, 5.74) is 4.12. The van der Waals surface area contributed by atoms with Crippen LogP contribution in [0.2, 0.25) is 0 Å². The van der Waals surface area contributed by atoms with Gasteiger partial charge >= 0.3 is 5.97 Å². The largest absolute Gasteiger partial charge is 0.467 e. The molecule has 3 aromatic rings. The van der Waals surface area contributed by atoms with Gasteiger partial charge in [-0.3, -0.25) is 4.79 Å². The fourth-order valence-electron chi connectivity index (χ4n) is 3.11. The standard InChI is InChI=1S/C25H25NO4/c1-29-25(28)23(26-24(27)18-30-17-20-8-4-2-5-9-20)16-19-12-14-22(15-13-19)21-10-6-3-7-11-21/h2-15,23H,16-18H2,1H3,(H,26,27)/t23-/m1/s1. The minimum atomic E-state index is -0.773. The molecule has 0 aliphatic rings. The SMILES string of the molecule is COC(=O)[C@@H](Cc1ccc(-c2ccccc2)cc1)NC(=O)COCc1ccccc1. The zero-order valence-electron chi connectivity index (χ0n) is 16.9. The van der Waals surface area contributed by atoms with Crippen LogP contribution in [0, 0.1) is 0 Å². The summed E-state index contributed by atoms with van der Waals surface area (Å²) in [7, 11) is 1.31. The van der Waals surface area contributed by atoms with Crippen LogP contribution in [-0.4, -0.2) is 31.6 Å². The fraction of sp³-hybridized carbons (Fsp3) is 0.200. The van der Waals surface area contributed by atoms with Crippen LogP contribution in [0.25, 0.3) is 11.1 Å².